The summed E-state index contributed by atoms with van der Waals surface area (Å²) in [5.74, 6) is -0.0477. The second-order valence-electron chi connectivity index (χ2n) is 4.56. The Hall–Kier alpha value is -0.730. The molecule has 0 fully saturated rings. The third kappa shape index (κ3) is 9.22. The number of ether oxygens (including phenoxy) is 3. The van der Waals surface area contributed by atoms with Gasteiger partial charge in [0.15, 0.2) is 0 Å². The van der Waals surface area contributed by atoms with Crippen molar-refractivity contribution in [2.24, 2.45) is 0 Å². The Balaban J connectivity index is 4.29. The SMILES string of the molecule is COCCCN(CC(COC)OCC(O)CO)C(C)=O. The summed E-state index contributed by atoms with van der Waals surface area (Å²) in [5, 5.41) is 18.0. The van der Waals surface area contributed by atoms with E-state index in [4.69, 9.17) is 19.3 Å². The maximum atomic E-state index is 11.6. The van der Waals surface area contributed by atoms with Gasteiger partial charge in [0, 0.05) is 40.8 Å². The van der Waals surface area contributed by atoms with Crippen molar-refractivity contribution >= 4 is 5.91 Å². The Morgan fingerprint density at radius 2 is 1.95 bits per heavy atom. The lowest BCUT2D eigenvalue weighted by Gasteiger charge is -2.27. The van der Waals surface area contributed by atoms with E-state index in [0.29, 0.717) is 26.3 Å². The zero-order valence-electron chi connectivity index (χ0n) is 12.6. The van der Waals surface area contributed by atoms with Gasteiger partial charge >= 0.3 is 0 Å². The molecule has 0 spiro atoms. The molecule has 0 saturated heterocycles. The molecule has 0 aliphatic rings. The van der Waals surface area contributed by atoms with Crippen molar-refractivity contribution in [3.63, 3.8) is 0 Å². The van der Waals surface area contributed by atoms with Crippen molar-refractivity contribution in [1.82, 2.24) is 4.90 Å². The molecule has 0 aromatic heterocycles. The summed E-state index contributed by atoms with van der Waals surface area (Å²) in [6, 6.07) is 0. The van der Waals surface area contributed by atoms with Crippen molar-refractivity contribution in [3.05, 3.63) is 0 Å². The van der Waals surface area contributed by atoms with Gasteiger partial charge in [-0.15, -0.1) is 0 Å². The van der Waals surface area contributed by atoms with Gasteiger partial charge in [-0.3, -0.25) is 4.79 Å². The quantitative estimate of drug-likeness (QED) is 0.461. The van der Waals surface area contributed by atoms with Gasteiger partial charge in [0.2, 0.25) is 5.91 Å². The minimum atomic E-state index is -0.923. The molecule has 2 unspecified atom stereocenters. The molecule has 0 aromatic carbocycles. The second kappa shape index (κ2) is 12.0. The molecular formula is C13H27NO6. The van der Waals surface area contributed by atoms with E-state index in [9.17, 15) is 9.90 Å². The zero-order valence-corrected chi connectivity index (χ0v) is 12.6. The largest absolute Gasteiger partial charge is 0.394 e. The number of carbonyl (C=O) groups is 1. The Morgan fingerprint density at radius 3 is 2.45 bits per heavy atom. The smallest absolute Gasteiger partial charge is 0.219 e. The summed E-state index contributed by atoms with van der Waals surface area (Å²) in [4.78, 5) is 13.2. The van der Waals surface area contributed by atoms with E-state index in [1.54, 1.807) is 19.1 Å². The Bertz CT molecular complexity index is 251. The van der Waals surface area contributed by atoms with Gasteiger partial charge in [0.1, 0.15) is 6.10 Å². The number of methoxy groups -OCH3 is 2. The van der Waals surface area contributed by atoms with Gasteiger partial charge in [0.05, 0.1) is 25.9 Å². The number of hydrogen-bond acceptors (Lipinski definition) is 6. The number of aliphatic hydroxyl groups is 2. The highest BCUT2D eigenvalue weighted by Gasteiger charge is 2.18. The van der Waals surface area contributed by atoms with Gasteiger partial charge in [-0.25, -0.2) is 0 Å². The average molecular weight is 293 g/mol. The summed E-state index contributed by atoms with van der Waals surface area (Å²) in [7, 11) is 3.16. The van der Waals surface area contributed by atoms with Crippen LogP contribution in [-0.2, 0) is 19.0 Å². The molecule has 0 rings (SSSR count). The van der Waals surface area contributed by atoms with Crippen molar-refractivity contribution in [2.75, 3.05) is 53.7 Å². The average Bonchev–Trinajstić information content (AvgIpc) is 2.43. The van der Waals surface area contributed by atoms with Crippen LogP contribution in [0.2, 0.25) is 0 Å². The molecule has 0 heterocycles. The lowest BCUT2D eigenvalue weighted by Crippen LogP contribution is -2.41. The molecular weight excluding hydrogens is 266 g/mol. The number of hydrogen-bond donors (Lipinski definition) is 2. The maximum Gasteiger partial charge on any atom is 0.219 e. The first kappa shape index (κ1) is 19.3. The van der Waals surface area contributed by atoms with Crippen LogP contribution in [0.5, 0.6) is 0 Å². The molecule has 2 atom stereocenters. The highest BCUT2D eigenvalue weighted by Crippen LogP contribution is 2.02. The van der Waals surface area contributed by atoms with Crippen molar-refractivity contribution in [1.29, 1.82) is 0 Å². The van der Waals surface area contributed by atoms with E-state index >= 15 is 0 Å². The summed E-state index contributed by atoms with van der Waals surface area (Å²) in [6.45, 7) is 3.01. The van der Waals surface area contributed by atoms with E-state index in [2.05, 4.69) is 0 Å². The van der Waals surface area contributed by atoms with E-state index < -0.39 is 6.10 Å². The molecule has 0 aliphatic carbocycles. The number of carbonyl (C=O) groups excluding carboxylic acids is 1. The summed E-state index contributed by atoms with van der Waals surface area (Å²) >= 11 is 0. The first-order valence-corrected chi connectivity index (χ1v) is 6.69. The van der Waals surface area contributed by atoms with Gasteiger partial charge < -0.3 is 29.3 Å². The van der Waals surface area contributed by atoms with Gasteiger partial charge in [-0.1, -0.05) is 0 Å². The van der Waals surface area contributed by atoms with Crippen LogP contribution in [0.3, 0.4) is 0 Å². The molecule has 0 saturated carbocycles. The zero-order chi connectivity index (χ0) is 15.4. The number of nitrogens with zero attached hydrogens (tertiary/aromatic N) is 1. The van der Waals surface area contributed by atoms with Crippen LogP contribution in [0.1, 0.15) is 13.3 Å². The lowest BCUT2D eigenvalue weighted by molar-refractivity contribution is -0.132. The molecule has 7 heteroatoms. The predicted molar refractivity (Wildman–Crippen MR) is 73.5 cm³/mol. The first-order valence-electron chi connectivity index (χ1n) is 6.69. The molecule has 0 aliphatic heterocycles. The number of rotatable bonds is 12. The Kier molecular flexibility index (Phi) is 11.6. The minimum Gasteiger partial charge on any atom is -0.394 e. The van der Waals surface area contributed by atoms with Crippen LogP contribution < -0.4 is 0 Å². The predicted octanol–water partition coefficient (Wildman–Crippen LogP) is -0.744. The van der Waals surface area contributed by atoms with Crippen molar-refractivity contribution in [2.45, 2.75) is 25.6 Å². The van der Waals surface area contributed by atoms with Gasteiger partial charge in [0.25, 0.3) is 0 Å². The van der Waals surface area contributed by atoms with Crippen LogP contribution >= 0.6 is 0 Å². The van der Waals surface area contributed by atoms with Crippen molar-refractivity contribution in [3.8, 4) is 0 Å². The fourth-order valence-electron chi connectivity index (χ4n) is 1.66. The summed E-state index contributed by atoms with van der Waals surface area (Å²) < 4.78 is 15.5. The molecule has 20 heavy (non-hydrogen) atoms. The van der Waals surface area contributed by atoms with Crippen LogP contribution in [-0.4, -0.2) is 87.0 Å². The van der Waals surface area contributed by atoms with Crippen molar-refractivity contribution < 1.29 is 29.2 Å². The molecule has 1 amide bonds. The summed E-state index contributed by atoms with van der Waals surface area (Å²) in [5.41, 5.74) is 0. The van der Waals surface area contributed by atoms with Crippen LogP contribution in [0.25, 0.3) is 0 Å². The minimum absolute atomic E-state index is 0.00828. The molecule has 0 bridgehead atoms. The second-order valence-corrected chi connectivity index (χ2v) is 4.56. The monoisotopic (exact) mass is 293 g/mol. The molecule has 7 nitrogen and oxygen atoms in total. The first-order chi connectivity index (χ1) is 9.54. The van der Waals surface area contributed by atoms with Gasteiger partial charge in [-0.05, 0) is 6.42 Å². The van der Waals surface area contributed by atoms with E-state index in [1.165, 1.54) is 6.92 Å². The highest BCUT2D eigenvalue weighted by molar-refractivity contribution is 5.73. The topological polar surface area (TPSA) is 88.5 Å². The summed E-state index contributed by atoms with van der Waals surface area (Å²) in [6.07, 6.45) is -0.518. The fraction of sp³-hybridized carbons (Fsp3) is 0.923. The van der Waals surface area contributed by atoms with Crippen LogP contribution in [0.4, 0.5) is 0 Å². The third-order valence-corrected chi connectivity index (χ3v) is 2.73. The third-order valence-electron chi connectivity index (χ3n) is 2.73. The van der Waals surface area contributed by atoms with E-state index in [-0.39, 0.29) is 25.2 Å². The Morgan fingerprint density at radius 1 is 1.25 bits per heavy atom. The fourth-order valence-corrected chi connectivity index (χ4v) is 1.66. The van der Waals surface area contributed by atoms with Crippen LogP contribution in [0.15, 0.2) is 0 Å². The van der Waals surface area contributed by atoms with Gasteiger partial charge in [-0.2, -0.15) is 0 Å². The maximum absolute atomic E-state index is 11.6. The standard InChI is InChI=1S/C13H27NO6/c1-11(16)14(5-4-6-18-2)7-13(10-19-3)20-9-12(17)8-15/h12-13,15,17H,4-10H2,1-3H3. The molecule has 0 aromatic rings. The molecule has 2 N–H and O–H groups in total. The lowest BCUT2D eigenvalue weighted by atomic mass is 10.3. The Labute approximate surface area is 120 Å². The van der Waals surface area contributed by atoms with Crippen LogP contribution in [0, 0.1) is 0 Å². The number of aliphatic hydroxyl groups excluding tert-OH is 2. The van der Waals surface area contributed by atoms with E-state index in [1.807, 2.05) is 0 Å². The normalized spacial score (nSPS) is 14.1. The number of amides is 1. The molecule has 120 valence electrons. The molecule has 0 radical (unpaired) electrons. The highest BCUT2D eigenvalue weighted by atomic mass is 16.5. The van der Waals surface area contributed by atoms with E-state index in [0.717, 1.165) is 6.42 Å².